The summed E-state index contributed by atoms with van der Waals surface area (Å²) in [5.74, 6) is 0.165. The Balaban J connectivity index is 2.06. The van der Waals surface area contributed by atoms with E-state index in [1.165, 1.54) is 12.3 Å². The molecular formula is C15H12ClFN4. The van der Waals surface area contributed by atoms with Gasteiger partial charge in [-0.25, -0.2) is 9.37 Å². The minimum absolute atomic E-state index is 0.348. The van der Waals surface area contributed by atoms with Crippen molar-refractivity contribution in [3.63, 3.8) is 0 Å². The highest BCUT2D eigenvalue weighted by Crippen LogP contribution is 2.27. The monoisotopic (exact) mass is 302 g/mol. The first-order chi connectivity index (χ1) is 10.0. The van der Waals surface area contributed by atoms with Crippen LogP contribution in [-0.4, -0.2) is 9.38 Å². The maximum atomic E-state index is 13.4. The summed E-state index contributed by atoms with van der Waals surface area (Å²) in [7, 11) is 0. The lowest BCUT2D eigenvalue weighted by Gasteiger charge is -2.00. The number of imidazole rings is 1. The predicted molar refractivity (Wildman–Crippen MR) is 80.3 cm³/mol. The van der Waals surface area contributed by atoms with E-state index < -0.39 is 0 Å². The summed E-state index contributed by atoms with van der Waals surface area (Å²) in [5.41, 5.74) is 2.96. The molecule has 106 valence electrons. The Morgan fingerprint density at radius 2 is 1.95 bits per heavy atom. The molecule has 1 aromatic carbocycles. The van der Waals surface area contributed by atoms with Crippen LogP contribution in [0.15, 0.2) is 46.8 Å². The number of aryl methyl sites for hydroxylation is 2. The fourth-order valence-corrected chi connectivity index (χ4v) is 2.30. The summed E-state index contributed by atoms with van der Waals surface area (Å²) in [5, 5.41) is 9.08. The SMILES string of the molecule is Cc1cc(Cl)ccc1N=Nc1c(C)nc2ccc(F)cn12. The molecule has 3 rings (SSSR count). The molecule has 0 saturated carbocycles. The van der Waals surface area contributed by atoms with Crippen LogP contribution in [0, 0.1) is 19.7 Å². The number of azo groups is 1. The number of rotatable bonds is 2. The average Bonchev–Trinajstić information content (AvgIpc) is 2.73. The molecule has 0 aliphatic rings. The van der Waals surface area contributed by atoms with E-state index in [4.69, 9.17) is 11.6 Å². The van der Waals surface area contributed by atoms with Gasteiger partial charge in [-0.3, -0.25) is 4.40 Å². The second-order valence-electron chi connectivity index (χ2n) is 4.73. The van der Waals surface area contributed by atoms with E-state index in [0.29, 0.717) is 27.9 Å². The summed E-state index contributed by atoms with van der Waals surface area (Å²) in [6.45, 7) is 3.72. The summed E-state index contributed by atoms with van der Waals surface area (Å²) < 4.78 is 14.9. The quantitative estimate of drug-likeness (QED) is 0.603. The predicted octanol–water partition coefficient (Wildman–Crippen LogP) is 5.16. The third-order valence-corrected chi connectivity index (χ3v) is 3.37. The van der Waals surface area contributed by atoms with Crippen LogP contribution in [0.25, 0.3) is 5.65 Å². The van der Waals surface area contributed by atoms with Gasteiger partial charge in [-0.1, -0.05) is 11.6 Å². The third kappa shape index (κ3) is 2.64. The molecule has 21 heavy (non-hydrogen) atoms. The molecule has 3 aromatic rings. The van der Waals surface area contributed by atoms with Crippen molar-refractivity contribution in [2.75, 3.05) is 0 Å². The Hall–Kier alpha value is -2.27. The molecular weight excluding hydrogens is 291 g/mol. The first-order valence-corrected chi connectivity index (χ1v) is 6.74. The lowest BCUT2D eigenvalue weighted by atomic mass is 10.2. The van der Waals surface area contributed by atoms with E-state index in [1.807, 2.05) is 19.9 Å². The van der Waals surface area contributed by atoms with Gasteiger partial charge < -0.3 is 0 Å². The summed E-state index contributed by atoms with van der Waals surface area (Å²) in [6, 6.07) is 8.34. The fraction of sp³-hybridized carbons (Fsp3) is 0.133. The normalized spacial score (nSPS) is 11.6. The van der Waals surface area contributed by atoms with Crippen molar-refractivity contribution >= 4 is 28.8 Å². The molecule has 0 spiro atoms. The summed E-state index contributed by atoms with van der Waals surface area (Å²) in [6.07, 6.45) is 1.35. The minimum atomic E-state index is -0.348. The Kier molecular flexibility index (Phi) is 3.43. The highest BCUT2D eigenvalue weighted by atomic mass is 35.5. The molecule has 0 radical (unpaired) electrons. The van der Waals surface area contributed by atoms with Crippen LogP contribution in [0.3, 0.4) is 0 Å². The lowest BCUT2D eigenvalue weighted by Crippen LogP contribution is -1.85. The molecule has 2 heterocycles. The molecule has 6 heteroatoms. The molecule has 0 fully saturated rings. The largest absolute Gasteiger partial charge is 0.280 e. The van der Waals surface area contributed by atoms with Gasteiger partial charge in [0.25, 0.3) is 0 Å². The number of pyridine rings is 1. The number of nitrogens with zero attached hydrogens (tertiary/aromatic N) is 4. The topological polar surface area (TPSA) is 42.0 Å². The van der Waals surface area contributed by atoms with Crippen molar-refractivity contribution in [2.24, 2.45) is 10.2 Å². The van der Waals surface area contributed by atoms with Crippen LogP contribution in [-0.2, 0) is 0 Å². The van der Waals surface area contributed by atoms with E-state index in [0.717, 1.165) is 5.56 Å². The van der Waals surface area contributed by atoms with Crippen LogP contribution in [0.4, 0.5) is 15.9 Å². The van der Waals surface area contributed by atoms with E-state index in [1.54, 1.807) is 22.6 Å². The number of halogens is 2. The van der Waals surface area contributed by atoms with Gasteiger partial charge in [0.2, 0.25) is 0 Å². The molecule has 2 aromatic heterocycles. The van der Waals surface area contributed by atoms with E-state index in [9.17, 15) is 4.39 Å². The molecule has 0 bridgehead atoms. The number of fused-ring (bicyclic) bond motifs is 1. The molecule has 0 aliphatic carbocycles. The molecule has 0 atom stereocenters. The highest BCUT2D eigenvalue weighted by Gasteiger charge is 2.09. The van der Waals surface area contributed by atoms with Gasteiger partial charge in [0.1, 0.15) is 11.5 Å². The first-order valence-electron chi connectivity index (χ1n) is 6.37. The number of hydrogen-bond acceptors (Lipinski definition) is 3. The zero-order chi connectivity index (χ0) is 15.0. The van der Waals surface area contributed by atoms with Crippen LogP contribution in [0.1, 0.15) is 11.3 Å². The Morgan fingerprint density at radius 1 is 1.14 bits per heavy atom. The zero-order valence-electron chi connectivity index (χ0n) is 11.5. The van der Waals surface area contributed by atoms with Crippen molar-refractivity contribution in [1.82, 2.24) is 9.38 Å². The van der Waals surface area contributed by atoms with Crippen LogP contribution < -0.4 is 0 Å². The second kappa shape index (κ2) is 5.26. The molecule has 0 saturated heterocycles. The number of aromatic nitrogens is 2. The highest BCUT2D eigenvalue weighted by molar-refractivity contribution is 6.30. The van der Waals surface area contributed by atoms with Crippen molar-refractivity contribution in [3.05, 3.63) is 58.6 Å². The number of hydrogen-bond donors (Lipinski definition) is 0. The van der Waals surface area contributed by atoms with Gasteiger partial charge in [-0.15, -0.1) is 10.2 Å². The number of benzene rings is 1. The van der Waals surface area contributed by atoms with Crippen LogP contribution in [0.2, 0.25) is 5.02 Å². The molecule has 0 aliphatic heterocycles. The van der Waals surface area contributed by atoms with Gasteiger partial charge in [0, 0.05) is 11.2 Å². The van der Waals surface area contributed by atoms with Gasteiger partial charge >= 0.3 is 0 Å². The zero-order valence-corrected chi connectivity index (χ0v) is 12.3. The smallest absolute Gasteiger partial charge is 0.182 e. The van der Waals surface area contributed by atoms with E-state index in [-0.39, 0.29) is 5.82 Å². The Morgan fingerprint density at radius 3 is 2.71 bits per heavy atom. The van der Waals surface area contributed by atoms with Crippen LogP contribution in [0.5, 0.6) is 0 Å². The Bertz CT molecular complexity index is 854. The standard InChI is InChI=1S/C15H12ClFN4/c1-9-7-11(16)3-5-13(9)19-20-15-10(2)18-14-6-4-12(17)8-21(14)15/h3-8H,1-2H3. The maximum absolute atomic E-state index is 13.4. The lowest BCUT2D eigenvalue weighted by molar-refractivity contribution is 0.619. The fourth-order valence-electron chi connectivity index (χ4n) is 2.08. The average molecular weight is 303 g/mol. The van der Waals surface area contributed by atoms with Gasteiger partial charge in [-0.05, 0) is 49.7 Å². The van der Waals surface area contributed by atoms with E-state index >= 15 is 0 Å². The third-order valence-electron chi connectivity index (χ3n) is 3.14. The maximum Gasteiger partial charge on any atom is 0.182 e. The molecule has 0 unspecified atom stereocenters. The molecule has 0 amide bonds. The Labute approximate surface area is 125 Å². The van der Waals surface area contributed by atoms with Crippen LogP contribution >= 0.6 is 11.6 Å². The van der Waals surface area contributed by atoms with Gasteiger partial charge in [0.05, 0.1) is 11.4 Å². The van der Waals surface area contributed by atoms with Crippen molar-refractivity contribution in [2.45, 2.75) is 13.8 Å². The second-order valence-corrected chi connectivity index (χ2v) is 5.16. The van der Waals surface area contributed by atoms with Crippen molar-refractivity contribution < 1.29 is 4.39 Å². The molecule has 4 nitrogen and oxygen atoms in total. The summed E-state index contributed by atoms with van der Waals surface area (Å²) in [4.78, 5) is 4.32. The molecule has 0 N–H and O–H groups in total. The minimum Gasteiger partial charge on any atom is -0.280 e. The van der Waals surface area contributed by atoms with Gasteiger partial charge in [0.15, 0.2) is 5.82 Å². The van der Waals surface area contributed by atoms with Crippen molar-refractivity contribution in [3.8, 4) is 0 Å². The summed E-state index contributed by atoms with van der Waals surface area (Å²) >= 11 is 5.91. The van der Waals surface area contributed by atoms with E-state index in [2.05, 4.69) is 15.2 Å². The first kappa shape index (κ1) is 13.7. The van der Waals surface area contributed by atoms with Gasteiger partial charge in [-0.2, -0.15) is 0 Å². The van der Waals surface area contributed by atoms with Crippen molar-refractivity contribution in [1.29, 1.82) is 0 Å².